The van der Waals surface area contributed by atoms with Crippen LogP contribution in [0.25, 0.3) is 5.69 Å². The van der Waals surface area contributed by atoms with Crippen LogP contribution < -0.4 is 5.32 Å². The topological polar surface area (TPSA) is 69.0 Å². The molecule has 0 aliphatic carbocycles. The number of aryl methyl sites for hydroxylation is 2. The maximum atomic E-state index is 12.5. The molecular formula is C21H24N4O2S. The fraction of sp³-hybridized carbons (Fsp3) is 0.286. The number of amides is 1. The normalized spacial score (nSPS) is 10.8. The van der Waals surface area contributed by atoms with Gasteiger partial charge in [-0.1, -0.05) is 36.0 Å². The Morgan fingerprint density at radius 3 is 2.79 bits per heavy atom. The van der Waals surface area contributed by atoms with Crippen LogP contribution in [0, 0.1) is 13.8 Å². The molecule has 2 aromatic carbocycles. The van der Waals surface area contributed by atoms with Gasteiger partial charge in [-0.15, -0.1) is 10.2 Å². The molecule has 3 aromatic rings. The first kappa shape index (κ1) is 20.1. The van der Waals surface area contributed by atoms with Crippen LogP contribution >= 0.6 is 11.8 Å². The summed E-state index contributed by atoms with van der Waals surface area (Å²) in [5.41, 5.74) is 5.15. The molecule has 1 heterocycles. The number of carbonyl (C=O) groups excluding carboxylic acids is 1. The first-order chi connectivity index (χ1) is 13.6. The fourth-order valence-electron chi connectivity index (χ4n) is 2.67. The molecule has 0 spiro atoms. The zero-order valence-electron chi connectivity index (χ0n) is 16.3. The number of aromatic nitrogens is 3. The van der Waals surface area contributed by atoms with Crippen molar-refractivity contribution in [2.75, 3.05) is 17.7 Å². The van der Waals surface area contributed by atoms with Crippen LogP contribution in [0.3, 0.4) is 0 Å². The zero-order valence-corrected chi connectivity index (χ0v) is 17.1. The Bertz CT molecular complexity index is 955. The average molecular weight is 397 g/mol. The van der Waals surface area contributed by atoms with Crippen molar-refractivity contribution < 1.29 is 9.53 Å². The van der Waals surface area contributed by atoms with Gasteiger partial charge in [0.1, 0.15) is 6.33 Å². The number of rotatable bonds is 8. The molecule has 0 aliphatic rings. The van der Waals surface area contributed by atoms with Gasteiger partial charge in [-0.2, -0.15) is 0 Å². The highest BCUT2D eigenvalue weighted by Gasteiger charge is 2.12. The van der Waals surface area contributed by atoms with E-state index in [-0.39, 0.29) is 11.7 Å². The van der Waals surface area contributed by atoms with Crippen molar-refractivity contribution >= 4 is 23.4 Å². The zero-order chi connectivity index (χ0) is 19.9. The molecular weight excluding hydrogens is 372 g/mol. The van der Waals surface area contributed by atoms with E-state index in [2.05, 4.69) is 41.5 Å². The van der Waals surface area contributed by atoms with Gasteiger partial charge in [-0.05, 0) is 50.1 Å². The number of para-hydroxylation sites is 1. The number of hydrogen-bond donors (Lipinski definition) is 1. The number of nitrogens with one attached hydrogen (secondary N) is 1. The van der Waals surface area contributed by atoms with Crippen LogP contribution in [-0.4, -0.2) is 33.0 Å². The van der Waals surface area contributed by atoms with Crippen LogP contribution in [0.2, 0.25) is 0 Å². The predicted molar refractivity (Wildman–Crippen MR) is 112 cm³/mol. The Balaban J connectivity index is 1.65. The minimum absolute atomic E-state index is 0.0939. The molecule has 0 unspecified atom stereocenters. The number of ether oxygens (including phenoxy) is 1. The maximum Gasteiger partial charge on any atom is 0.234 e. The standard InChI is InChI=1S/C21H24N4O2S/c1-4-27-12-17-7-5-6-8-19(17)23-20(26)13-28-21-24-22-14-25(21)18-10-9-15(2)16(3)11-18/h5-11,14H,4,12-13H2,1-3H3,(H,23,26). The van der Waals surface area contributed by atoms with Gasteiger partial charge in [0, 0.05) is 23.5 Å². The minimum atomic E-state index is -0.0939. The molecule has 0 fully saturated rings. The van der Waals surface area contributed by atoms with E-state index in [4.69, 9.17) is 4.74 Å². The maximum absolute atomic E-state index is 12.5. The molecule has 146 valence electrons. The summed E-state index contributed by atoms with van der Waals surface area (Å²) in [7, 11) is 0. The summed E-state index contributed by atoms with van der Waals surface area (Å²) in [6.45, 7) is 7.20. The smallest absolute Gasteiger partial charge is 0.234 e. The van der Waals surface area contributed by atoms with Crippen molar-refractivity contribution in [1.82, 2.24) is 14.8 Å². The summed E-state index contributed by atoms with van der Waals surface area (Å²) in [5.74, 6) is 0.149. The molecule has 0 radical (unpaired) electrons. The Kier molecular flexibility index (Phi) is 6.84. The third-order valence-electron chi connectivity index (χ3n) is 4.37. The van der Waals surface area contributed by atoms with E-state index in [0.717, 1.165) is 16.9 Å². The third-order valence-corrected chi connectivity index (χ3v) is 5.31. The summed E-state index contributed by atoms with van der Waals surface area (Å²) >= 11 is 1.36. The van der Waals surface area contributed by atoms with E-state index < -0.39 is 0 Å². The summed E-state index contributed by atoms with van der Waals surface area (Å²) in [6, 6.07) is 13.9. The van der Waals surface area contributed by atoms with E-state index in [9.17, 15) is 4.79 Å². The molecule has 1 aromatic heterocycles. The lowest BCUT2D eigenvalue weighted by Gasteiger charge is -2.11. The minimum Gasteiger partial charge on any atom is -0.377 e. The van der Waals surface area contributed by atoms with Crippen molar-refractivity contribution in [2.45, 2.75) is 32.5 Å². The molecule has 0 saturated heterocycles. The fourth-order valence-corrected chi connectivity index (χ4v) is 3.40. The van der Waals surface area contributed by atoms with Crippen LogP contribution in [0.1, 0.15) is 23.6 Å². The summed E-state index contributed by atoms with van der Waals surface area (Å²) in [4.78, 5) is 12.5. The molecule has 0 atom stereocenters. The molecule has 3 rings (SSSR count). The highest BCUT2D eigenvalue weighted by atomic mass is 32.2. The predicted octanol–water partition coefficient (Wildman–Crippen LogP) is 4.15. The Morgan fingerprint density at radius 1 is 1.18 bits per heavy atom. The highest BCUT2D eigenvalue weighted by molar-refractivity contribution is 7.99. The van der Waals surface area contributed by atoms with Gasteiger partial charge >= 0.3 is 0 Å². The second-order valence-electron chi connectivity index (χ2n) is 6.38. The lowest BCUT2D eigenvalue weighted by molar-refractivity contribution is -0.113. The number of hydrogen-bond acceptors (Lipinski definition) is 5. The van der Waals surface area contributed by atoms with Crippen molar-refractivity contribution in [2.24, 2.45) is 0 Å². The quantitative estimate of drug-likeness (QED) is 0.579. The number of benzene rings is 2. The Hall–Kier alpha value is -2.64. The third kappa shape index (κ3) is 4.99. The van der Waals surface area contributed by atoms with Gasteiger partial charge < -0.3 is 10.1 Å². The summed E-state index contributed by atoms with van der Waals surface area (Å²) in [6.07, 6.45) is 1.67. The largest absolute Gasteiger partial charge is 0.377 e. The van der Waals surface area contributed by atoms with Gasteiger partial charge in [0.25, 0.3) is 0 Å². The molecule has 28 heavy (non-hydrogen) atoms. The van der Waals surface area contributed by atoms with Crippen molar-refractivity contribution in [1.29, 1.82) is 0 Å². The summed E-state index contributed by atoms with van der Waals surface area (Å²) < 4.78 is 7.36. The van der Waals surface area contributed by atoms with E-state index in [1.54, 1.807) is 6.33 Å². The Morgan fingerprint density at radius 2 is 2.00 bits per heavy atom. The van der Waals surface area contributed by atoms with Gasteiger partial charge in [0.15, 0.2) is 5.16 Å². The van der Waals surface area contributed by atoms with Crippen LogP contribution in [0.5, 0.6) is 0 Å². The SMILES string of the molecule is CCOCc1ccccc1NC(=O)CSc1nncn1-c1ccc(C)c(C)c1. The molecule has 6 nitrogen and oxygen atoms in total. The molecule has 7 heteroatoms. The molecule has 1 amide bonds. The lowest BCUT2D eigenvalue weighted by Crippen LogP contribution is -2.16. The highest BCUT2D eigenvalue weighted by Crippen LogP contribution is 2.22. The molecule has 0 saturated carbocycles. The van der Waals surface area contributed by atoms with Crippen molar-refractivity contribution in [3.8, 4) is 5.69 Å². The Labute approximate surface area is 169 Å². The van der Waals surface area contributed by atoms with Crippen molar-refractivity contribution in [3.63, 3.8) is 0 Å². The molecule has 0 bridgehead atoms. The average Bonchev–Trinajstić information content (AvgIpc) is 3.16. The van der Waals surface area contributed by atoms with E-state index >= 15 is 0 Å². The molecule has 0 aliphatic heterocycles. The number of thioether (sulfide) groups is 1. The first-order valence-corrected chi connectivity index (χ1v) is 10.1. The van der Waals surface area contributed by atoms with Gasteiger partial charge in [0.2, 0.25) is 5.91 Å². The second-order valence-corrected chi connectivity index (χ2v) is 7.33. The summed E-state index contributed by atoms with van der Waals surface area (Å²) in [5, 5.41) is 11.8. The van der Waals surface area contributed by atoms with E-state index in [0.29, 0.717) is 18.4 Å². The number of nitrogens with zero attached hydrogens (tertiary/aromatic N) is 3. The van der Waals surface area contributed by atoms with Crippen LogP contribution in [-0.2, 0) is 16.1 Å². The van der Waals surface area contributed by atoms with Gasteiger partial charge in [0.05, 0.1) is 12.4 Å². The first-order valence-electron chi connectivity index (χ1n) is 9.14. The van der Waals surface area contributed by atoms with Crippen molar-refractivity contribution in [3.05, 3.63) is 65.5 Å². The number of carbonyl (C=O) groups is 1. The molecule has 1 N–H and O–H groups in total. The van der Waals surface area contributed by atoms with Gasteiger partial charge in [-0.3, -0.25) is 9.36 Å². The van der Waals surface area contributed by atoms with Gasteiger partial charge in [-0.25, -0.2) is 0 Å². The monoisotopic (exact) mass is 396 g/mol. The number of anilines is 1. The van der Waals surface area contributed by atoms with E-state index in [1.807, 2.05) is 41.8 Å². The lowest BCUT2D eigenvalue weighted by atomic mass is 10.1. The van der Waals surface area contributed by atoms with E-state index in [1.165, 1.54) is 22.9 Å². The van der Waals surface area contributed by atoms with Crippen LogP contribution in [0.15, 0.2) is 53.9 Å². The second kappa shape index (κ2) is 9.52. The van der Waals surface area contributed by atoms with Crippen LogP contribution in [0.4, 0.5) is 5.69 Å².